The predicted octanol–water partition coefficient (Wildman–Crippen LogP) is -1.33. The van der Waals surface area contributed by atoms with Crippen molar-refractivity contribution >= 4 is 0 Å². The van der Waals surface area contributed by atoms with E-state index in [1.54, 1.807) is 0 Å². The Hall–Kier alpha value is -0.160. The van der Waals surface area contributed by atoms with Crippen LogP contribution in [0, 0.1) is 0 Å². The van der Waals surface area contributed by atoms with Gasteiger partial charge in [0, 0.05) is 13.7 Å². The Morgan fingerprint density at radius 3 is 2.80 bits per heavy atom. The topological polar surface area (TPSA) is 61.7 Å². The first kappa shape index (κ1) is 7.94. The van der Waals surface area contributed by atoms with E-state index in [1.807, 2.05) is 0 Å². The minimum Gasteiger partial charge on any atom is -0.392 e. The molecule has 1 aliphatic rings. The van der Waals surface area contributed by atoms with Crippen LogP contribution in [0.15, 0.2) is 0 Å². The maximum atomic E-state index is 9.08. The molecule has 4 heteroatoms. The normalized spacial score (nSPS) is 36.3. The molecule has 0 bridgehead atoms. The Bertz CT molecular complexity index is 109. The lowest BCUT2D eigenvalue weighted by atomic mass is 10.2. The Morgan fingerprint density at radius 2 is 2.40 bits per heavy atom. The van der Waals surface area contributed by atoms with Crippen LogP contribution in [-0.4, -0.2) is 42.3 Å². The van der Waals surface area contributed by atoms with Crippen molar-refractivity contribution in [3.05, 3.63) is 0 Å². The van der Waals surface area contributed by atoms with Gasteiger partial charge in [0.1, 0.15) is 0 Å². The predicted molar refractivity (Wildman–Crippen MR) is 35.4 cm³/mol. The molecule has 0 radical (unpaired) electrons. The lowest BCUT2D eigenvalue weighted by Gasteiger charge is -2.15. The molecule has 1 heterocycles. The first-order valence-electron chi connectivity index (χ1n) is 3.36. The number of aliphatic hydroxyl groups excluding tert-OH is 2. The molecule has 10 heavy (non-hydrogen) atoms. The van der Waals surface area contributed by atoms with Crippen molar-refractivity contribution in [2.24, 2.45) is 0 Å². The number of nitrogens with one attached hydrogen (secondary N) is 1. The molecule has 3 atom stereocenters. The highest BCUT2D eigenvalue weighted by atomic mass is 16.6. The number of rotatable bonds is 2. The minimum absolute atomic E-state index is 0.111. The molecule has 1 saturated heterocycles. The summed E-state index contributed by atoms with van der Waals surface area (Å²) in [7, 11) is 1.44. The fourth-order valence-corrected chi connectivity index (χ4v) is 1.13. The molecule has 1 aliphatic heterocycles. The Kier molecular flexibility index (Phi) is 2.62. The summed E-state index contributed by atoms with van der Waals surface area (Å²) in [5.74, 6) is 0. The number of β-amino-alcohol motifs (C(OH)–C–C–N with tert-alkyl or cyclic N) is 1. The highest BCUT2D eigenvalue weighted by Crippen LogP contribution is 2.09. The number of hydrogen-bond acceptors (Lipinski definition) is 4. The van der Waals surface area contributed by atoms with Gasteiger partial charge in [0.15, 0.2) is 6.29 Å². The minimum atomic E-state index is -0.794. The van der Waals surface area contributed by atoms with Gasteiger partial charge in [-0.15, -0.1) is 0 Å². The highest BCUT2D eigenvalue weighted by molar-refractivity contribution is 4.82. The average molecular weight is 147 g/mol. The van der Waals surface area contributed by atoms with Gasteiger partial charge in [-0.25, -0.2) is 0 Å². The third-order valence-corrected chi connectivity index (χ3v) is 1.73. The maximum absolute atomic E-state index is 9.08. The third kappa shape index (κ3) is 1.67. The van der Waals surface area contributed by atoms with E-state index in [4.69, 9.17) is 10.2 Å². The largest absolute Gasteiger partial charge is 0.392 e. The van der Waals surface area contributed by atoms with Gasteiger partial charge in [0.05, 0.1) is 12.1 Å². The van der Waals surface area contributed by atoms with Gasteiger partial charge in [0.25, 0.3) is 0 Å². The second-order valence-electron chi connectivity index (χ2n) is 2.53. The summed E-state index contributed by atoms with van der Waals surface area (Å²) in [6.07, 6.45) is -0.568. The standard InChI is InChI=1S/C6H13NO3/c1-10-6(9)5-2-4(8)3-7-5/h4-9H,2-3H2,1H3/t4-,5-,6?/m0/s1. The van der Waals surface area contributed by atoms with Gasteiger partial charge in [-0.2, -0.15) is 0 Å². The second kappa shape index (κ2) is 3.30. The Labute approximate surface area is 59.8 Å². The molecule has 0 aromatic heterocycles. The van der Waals surface area contributed by atoms with Gasteiger partial charge in [-0.05, 0) is 6.42 Å². The molecule has 1 rings (SSSR count). The van der Waals surface area contributed by atoms with Crippen LogP contribution in [0.4, 0.5) is 0 Å². The van der Waals surface area contributed by atoms with Crippen LogP contribution in [0.3, 0.4) is 0 Å². The first-order chi connectivity index (χ1) is 4.74. The van der Waals surface area contributed by atoms with E-state index in [1.165, 1.54) is 7.11 Å². The Balaban J connectivity index is 2.29. The van der Waals surface area contributed by atoms with Gasteiger partial charge in [-0.1, -0.05) is 0 Å². The fraction of sp³-hybridized carbons (Fsp3) is 1.00. The van der Waals surface area contributed by atoms with Crippen molar-refractivity contribution in [2.45, 2.75) is 24.9 Å². The molecule has 3 N–H and O–H groups in total. The molecule has 0 amide bonds. The summed E-state index contributed by atoms with van der Waals surface area (Å²) in [5, 5.41) is 21.0. The summed E-state index contributed by atoms with van der Waals surface area (Å²) in [6.45, 7) is 0.547. The van der Waals surface area contributed by atoms with Crippen LogP contribution in [0.1, 0.15) is 6.42 Å². The van der Waals surface area contributed by atoms with Crippen LogP contribution < -0.4 is 5.32 Å². The number of hydrogen-bond donors (Lipinski definition) is 3. The van der Waals surface area contributed by atoms with E-state index in [9.17, 15) is 0 Å². The van der Waals surface area contributed by atoms with E-state index in [-0.39, 0.29) is 12.1 Å². The monoisotopic (exact) mass is 147 g/mol. The van der Waals surface area contributed by atoms with Gasteiger partial charge >= 0.3 is 0 Å². The smallest absolute Gasteiger partial charge is 0.169 e. The van der Waals surface area contributed by atoms with Crippen molar-refractivity contribution in [2.75, 3.05) is 13.7 Å². The summed E-state index contributed by atoms with van der Waals surface area (Å²) in [6, 6.07) is -0.111. The zero-order chi connectivity index (χ0) is 7.56. The van der Waals surface area contributed by atoms with Gasteiger partial charge in [-0.3, -0.25) is 0 Å². The molecular weight excluding hydrogens is 134 g/mol. The maximum Gasteiger partial charge on any atom is 0.169 e. The summed E-state index contributed by atoms with van der Waals surface area (Å²) >= 11 is 0. The van der Waals surface area contributed by atoms with Crippen LogP contribution in [0.25, 0.3) is 0 Å². The van der Waals surface area contributed by atoms with Crippen LogP contribution in [-0.2, 0) is 4.74 Å². The molecule has 60 valence electrons. The van der Waals surface area contributed by atoms with Crippen LogP contribution in [0.2, 0.25) is 0 Å². The summed E-state index contributed by atoms with van der Waals surface area (Å²) in [5.41, 5.74) is 0. The molecule has 0 aliphatic carbocycles. The number of methoxy groups -OCH3 is 1. The van der Waals surface area contributed by atoms with Crippen molar-refractivity contribution in [1.82, 2.24) is 5.32 Å². The lowest BCUT2D eigenvalue weighted by molar-refractivity contribution is -0.0945. The molecule has 4 nitrogen and oxygen atoms in total. The SMILES string of the molecule is COC(O)[C@@H]1C[C@H](O)CN1. The molecule has 0 aromatic carbocycles. The van der Waals surface area contributed by atoms with Gasteiger partial charge < -0.3 is 20.3 Å². The molecule has 1 unspecified atom stereocenters. The quantitative estimate of drug-likeness (QED) is 0.424. The fourth-order valence-electron chi connectivity index (χ4n) is 1.13. The number of ether oxygens (including phenoxy) is 1. The van der Waals surface area contributed by atoms with Crippen molar-refractivity contribution < 1.29 is 14.9 Å². The van der Waals surface area contributed by atoms with Crippen LogP contribution >= 0.6 is 0 Å². The van der Waals surface area contributed by atoms with Crippen LogP contribution in [0.5, 0.6) is 0 Å². The van der Waals surface area contributed by atoms with E-state index in [2.05, 4.69) is 10.1 Å². The zero-order valence-corrected chi connectivity index (χ0v) is 5.95. The summed E-state index contributed by atoms with van der Waals surface area (Å²) in [4.78, 5) is 0. The third-order valence-electron chi connectivity index (χ3n) is 1.73. The first-order valence-corrected chi connectivity index (χ1v) is 3.36. The van der Waals surface area contributed by atoms with E-state index >= 15 is 0 Å². The van der Waals surface area contributed by atoms with Gasteiger partial charge in [0.2, 0.25) is 0 Å². The Morgan fingerprint density at radius 1 is 1.70 bits per heavy atom. The molecule has 1 fully saturated rings. The summed E-state index contributed by atoms with van der Waals surface area (Å²) < 4.78 is 4.66. The number of aliphatic hydroxyl groups is 2. The molecular formula is C6H13NO3. The molecule has 0 aromatic rings. The van der Waals surface area contributed by atoms with E-state index < -0.39 is 6.29 Å². The lowest BCUT2D eigenvalue weighted by Crippen LogP contribution is -2.35. The van der Waals surface area contributed by atoms with Crippen molar-refractivity contribution in [3.8, 4) is 0 Å². The van der Waals surface area contributed by atoms with E-state index in [0.717, 1.165) is 0 Å². The molecule has 0 spiro atoms. The molecule has 0 saturated carbocycles. The van der Waals surface area contributed by atoms with Crippen molar-refractivity contribution in [3.63, 3.8) is 0 Å². The second-order valence-corrected chi connectivity index (χ2v) is 2.53. The zero-order valence-electron chi connectivity index (χ0n) is 5.95. The highest BCUT2D eigenvalue weighted by Gasteiger charge is 2.27. The average Bonchev–Trinajstić information content (AvgIpc) is 2.34. The van der Waals surface area contributed by atoms with E-state index in [0.29, 0.717) is 13.0 Å². The van der Waals surface area contributed by atoms with Crippen molar-refractivity contribution in [1.29, 1.82) is 0 Å².